The predicted molar refractivity (Wildman–Crippen MR) is 260 cm³/mol. The summed E-state index contributed by atoms with van der Waals surface area (Å²) in [6, 6.07) is -0.550. The number of unbranched alkanes of at least 4 members (excludes halogenated alkanes) is 34. The van der Waals surface area contributed by atoms with Crippen LogP contribution < -0.4 is 5.32 Å². The number of carbonyl (C=O) groups excluding carboxylic acids is 2. The highest BCUT2D eigenvalue weighted by molar-refractivity contribution is 5.76. The highest BCUT2D eigenvalue weighted by atomic mass is 16.5. The third-order valence-corrected chi connectivity index (χ3v) is 12.2. The number of amides is 1. The van der Waals surface area contributed by atoms with Gasteiger partial charge in [0.1, 0.15) is 0 Å². The fourth-order valence-electron chi connectivity index (χ4n) is 8.10. The van der Waals surface area contributed by atoms with Gasteiger partial charge in [0.2, 0.25) is 5.91 Å². The normalized spacial score (nSPS) is 12.8. The summed E-state index contributed by atoms with van der Waals surface area (Å²) in [6.07, 6.45) is 58.6. The van der Waals surface area contributed by atoms with E-state index in [0.29, 0.717) is 25.9 Å². The van der Waals surface area contributed by atoms with E-state index in [1.807, 2.05) is 0 Å². The Hall–Kier alpha value is -1.66. The van der Waals surface area contributed by atoms with Crippen molar-refractivity contribution < 1.29 is 24.5 Å². The van der Waals surface area contributed by atoms with Crippen LogP contribution in [0.15, 0.2) is 24.3 Å². The van der Waals surface area contributed by atoms with E-state index in [0.717, 1.165) is 57.8 Å². The Balaban J connectivity index is 3.46. The van der Waals surface area contributed by atoms with Gasteiger partial charge in [-0.25, -0.2) is 0 Å². The molecule has 0 aromatic carbocycles. The van der Waals surface area contributed by atoms with Crippen LogP contribution in [0.4, 0.5) is 0 Å². The molecule has 2 atom stereocenters. The number of ether oxygens (including phenoxy) is 1. The van der Waals surface area contributed by atoms with Gasteiger partial charge in [0.05, 0.1) is 25.4 Å². The van der Waals surface area contributed by atoms with Crippen molar-refractivity contribution in [1.29, 1.82) is 0 Å². The Bertz CT molecular complexity index is 935. The number of rotatable bonds is 49. The van der Waals surface area contributed by atoms with Gasteiger partial charge < -0.3 is 20.3 Å². The molecule has 354 valence electrons. The molecule has 0 heterocycles. The lowest BCUT2D eigenvalue weighted by Crippen LogP contribution is -2.45. The average molecular weight is 846 g/mol. The van der Waals surface area contributed by atoms with Crippen molar-refractivity contribution in [2.24, 2.45) is 0 Å². The summed E-state index contributed by atoms with van der Waals surface area (Å²) in [6.45, 7) is 4.91. The summed E-state index contributed by atoms with van der Waals surface area (Å²) in [4.78, 5) is 24.4. The van der Waals surface area contributed by atoms with E-state index in [9.17, 15) is 19.8 Å². The molecule has 0 aliphatic carbocycles. The maximum Gasteiger partial charge on any atom is 0.305 e. The smallest absolute Gasteiger partial charge is 0.305 e. The first kappa shape index (κ1) is 58.3. The molecule has 2 unspecified atom stereocenters. The van der Waals surface area contributed by atoms with Gasteiger partial charge in [0.15, 0.2) is 0 Å². The zero-order valence-corrected chi connectivity index (χ0v) is 40.2. The molecule has 60 heavy (non-hydrogen) atoms. The molecule has 0 fully saturated rings. The van der Waals surface area contributed by atoms with Gasteiger partial charge in [-0.2, -0.15) is 0 Å². The Morgan fingerprint density at radius 1 is 0.450 bits per heavy atom. The summed E-state index contributed by atoms with van der Waals surface area (Å²) in [7, 11) is 0. The highest BCUT2D eigenvalue weighted by Crippen LogP contribution is 2.16. The van der Waals surface area contributed by atoms with Gasteiger partial charge in [0, 0.05) is 12.8 Å². The molecule has 0 radical (unpaired) electrons. The number of allylic oxidation sites excluding steroid dienone is 4. The van der Waals surface area contributed by atoms with Crippen molar-refractivity contribution in [3.63, 3.8) is 0 Å². The molecular formula is C54H103NO5. The molecule has 1 amide bonds. The Morgan fingerprint density at radius 3 is 1.22 bits per heavy atom. The van der Waals surface area contributed by atoms with Crippen LogP contribution in [0.3, 0.4) is 0 Å². The quantitative estimate of drug-likeness (QED) is 0.0322. The highest BCUT2D eigenvalue weighted by Gasteiger charge is 2.20. The zero-order chi connectivity index (χ0) is 43.7. The van der Waals surface area contributed by atoms with Crippen LogP contribution in [-0.2, 0) is 14.3 Å². The first-order chi connectivity index (χ1) is 29.5. The number of aliphatic hydroxyl groups is 2. The lowest BCUT2D eigenvalue weighted by Gasteiger charge is -2.22. The standard InChI is InChI=1S/C54H103NO5/c1-3-5-7-9-11-13-15-23-26-30-34-38-42-46-52(57)51(50-56)55-53(58)47-43-39-35-31-27-24-21-19-17-18-20-22-25-29-33-37-41-45-49-60-54(59)48-44-40-36-32-28-16-14-12-10-8-6-4-2/h12,14,19,21,51-52,56-57H,3-11,13,15-18,20,22-50H2,1-2H3,(H,55,58)/b14-12-,21-19-. The number of aliphatic hydroxyl groups excluding tert-OH is 2. The Morgan fingerprint density at radius 2 is 0.783 bits per heavy atom. The van der Waals surface area contributed by atoms with E-state index in [-0.39, 0.29) is 18.5 Å². The molecule has 0 aliphatic rings. The van der Waals surface area contributed by atoms with Crippen LogP contribution in [0, 0.1) is 0 Å². The molecule has 0 saturated heterocycles. The molecule has 0 saturated carbocycles. The molecule has 0 aliphatic heterocycles. The lowest BCUT2D eigenvalue weighted by atomic mass is 10.0. The summed E-state index contributed by atoms with van der Waals surface area (Å²) in [5, 5.41) is 23.2. The topological polar surface area (TPSA) is 95.9 Å². The summed E-state index contributed by atoms with van der Waals surface area (Å²) in [5.74, 6) is -0.0570. The lowest BCUT2D eigenvalue weighted by molar-refractivity contribution is -0.143. The Labute approximate surface area is 373 Å². The fourth-order valence-corrected chi connectivity index (χ4v) is 8.10. The second-order valence-corrected chi connectivity index (χ2v) is 18.2. The molecule has 0 rings (SSSR count). The zero-order valence-electron chi connectivity index (χ0n) is 40.2. The first-order valence-electron chi connectivity index (χ1n) is 26.6. The Kier molecular flexibility index (Phi) is 48.6. The van der Waals surface area contributed by atoms with Crippen LogP contribution >= 0.6 is 0 Å². The molecule has 0 aromatic rings. The van der Waals surface area contributed by atoms with Gasteiger partial charge in [-0.05, 0) is 77.0 Å². The summed E-state index contributed by atoms with van der Waals surface area (Å²) in [5.41, 5.74) is 0. The van der Waals surface area contributed by atoms with Crippen molar-refractivity contribution in [3.8, 4) is 0 Å². The van der Waals surface area contributed by atoms with Gasteiger partial charge in [-0.1, -0.05) is 218 Å². The molecule has 6 heteroatoms. The van der Waals surface area contributed by atoms with Gasteiger partial charge in [0.25, 0.3) is 0 Å². The van der Waals surface area contributed by atoms with E-state index in [1.165, 1.54) is 193 Å². The number of hydrogen-bond donors (Lipinski definition) is 3. The van der Waals surface area contributed by atoms with Gasteiger partial charge in [-0.3, -0.25) is 9.59 Å². The van der Waals surface area contributed by atoms with Gasteiger partial charge in [-0.15, -0.1) is 0 Å². The second-order valence-electron chi connectivity index (χ2n) is 18.2. The maximum absolute atomic E-state index is 12.4. The van der Waals surface area contributed by atoms with Crippen LogP contribution in [-0.4, -0.2) is 47.4 Å². The third kappa shape index (κ3) is 45.9. The van der Waals surface area contributed by atoms with Crippen molar-refractivity contribution >= 4 is 11.9 Å². The number of esters is 1. The molecule has 0 spiro atoms. The molecular weight excluding hydrogens is 743 g/mol. The van der Waals surface area contributed by atoms with E-state index in [1.54, 1.807) is 0 Å². The summed E-state index contributed by atoms with van der Waals surface area (Å²) < 4.78 is 5.45. The van der Waals surface area contributed by atoms with E-state index >= 15 is 0 Å². The predicted octanol–water partition coefficient (Wildman–Crippen LogP) is 15.9. The molecule has 6 nitrogen and oxygen atoms in total. The number of carbonyl (C=O) groups is 2. The molecule has 3 N–H and O–H groups in total. The first-order valence-corrected chi connectivity index (χ1v) is 26.6. The second kappa shape index (κ2) is 50.0. The summed E-state index contributed by atoms with van der Waals surface area (Å²) >= 11 is 0. The average Bonchev–Trinajstić information content (AvgIpc) is 3.25. The number of hydrogen-bond acceptors (Lipinski definition) is 5. The molecule has 0 bridgehead atoms. The van der Waals surface area contributed by atoms with Crippen molar-refractivity contribution in [1.82, 2.24) is 5.32 Å². The third-order valence-electron chi connectivity index (χ3n) is 12.2. The van der Waals surface area contributed by atoms with Crippen LogP contribution in [0.2, 0.25) is 0 Å². The minimum Gasteiger partial charge on any atom is -0.466 e. The van der Waals surface area contributed by atoms with Crippen molar-refractivity contribution in [3.05, 3.63) is 24.3 Å². The van der Waals surface area contributed by atoms with E-state index < -0.39 is 12.1 Å². The fraction of sp³-hybridized carbons (Fsp3) is 0.889. The van der Waals surface area contributed by atoms with Crippen molar-refractivity contribution in [2.75, 3.05) is 13.2 Å². The largest absolute Gasteiger partial charge is 0.466 e. The van der Waals surface area contributed by atoms with Crippen LogP contribution in [0.1, 0.15) is 284 Å². The minimum atomic E-state index is -0.672. The van der Waals surface area contributed by atoms with Crippen molar-refractivity contribution in [2.45, 2.75) is 296 Å². The monoisotopic (exact) mass is 846 g/mol. The van der Waals surface area contributed by atoms with Crippen LogP contribution in [0.25, 0.3) is 0 Å². The van der Waals surface area contributed by atoms with E-state index in [4.69, 9.17) is 4.74 Å². The SMILES string of the molecule is CCCCC/C=C\CCCCCCCC(=O)OCCCCCCCCCCC/C=C\CCCCCCCC(=O)NC(CO)C(O)CCCCCCCCCCCCCCC. The number of nitrogens with one attached hydrogen (secondary N) is 1. The van der Waals surface area contributed by atoms with Gasteiger partial charge >= 0.3 is 5.97 Å². The maximum atomic E-state index is 12.4. The molecule has 0 aromatic heterocycles. The van der Waals surface area contributed by atoms with E-state index in [2.05, 4.69) is 43.5 Å². The van der Waals surface area contributed by atoms with Crippen LogP contribution in [0.5, 0.6) is 0 Å². The minimum absolute atomic E-state index is 0.00736.